The van der Waals surface area contributed by atoms with Crippen LogP contribution in [0.15, 0.2) is 23.1 Å². The monoisotopic (exact) mass is 305 g/mol. The first kappa shape index (κ1) is 12.7. The molecule has 1 aliphatic carbocycles. The Morgan fingerprint density at radius 1 is 1.11 bits per heavy atom. The van der Waals surface area contributed by atoms with Crippen molar-refractivity contribution in [3.8, 4) is 0 Å². The van der Waals surface area contributed by atoms with Crippen LogP contribution in [0.1, 0.15) is 25.7 Å². The molecule has 2 fully saturated rings. The van der Waals surface area contributed by atoms with Gasteiger partial charge in [-0.25, -0.2) is 8.42 Å². The maximum atomic E-state index is 12.5. The lowest BCUT2D eigenvalue weighted by Crippen LogP contribution is -2.16. The maximum Gasteiger partial charge on any atom is 0.245 e. The number of halogens is 2. The molecule has 18 heavy (non-hydrogen) atoms. The second-order valence-electron chi connectivity index (χ2n) is 4.83. The molecule has 0 bridgehead atoms. The molecule has 1 aromatic rings. The third kappa shape index (κ3) is 1.95. The van der Waals surface area contributed by atoms with Crippen molar-refractivity contribution in [1.29, 1.82) is 0 Å². The van der Waals surface area contributed by atoms with E-state index in [-0.39, 0.29) is 22.0 Å². The highest BCUT2D eigenvalue weighted by Crippen LogP contribution is 2.45. The van der Waals surface area contributed by atoms with Crippen LogP contribution < -0.4 is 0 Å². The Hall–Kier alpha value is -0.290. The third-order valence-electron chi connectivity index (χ3n) is 3.71. The van der Waals surface area contributed by atoms with E-state index in [4.69, 9.17) is 23.2 Å². The highest BCUT2D eigenvalue weighted by molar-refractivity contribution is 7.89. The van der Waals surface area contributed by atoms with E-state index in [0.717, 1.165) is 25.7 Å². The van der Waals surface area contributed by atoms with E-state index < -0.39 is 10.0 Å². The van der Waals surface area contributed by atoms with Gasteiger partial charge in [-0.1, -0.05) is 36.0 Å². The van der Waals surface area contributed by atoms with Crippen LogP contribution in [-0.4, -0.2) is 24.8 Å². The van der Waals surface area contributed by atoms with E-state index in [9.17, 15) is 8.42 Å². The molecule has 2 aliphatic rings. The van der Waals surface area contributed by atoms with E-state index in [0.29, 0.717) is 5.02 Å². The summed E-state index contributed by atoms with van der Waals surface area (Å²) in [4.78, 5) is 0.169. The number of hydrogen-bond acceptors (Lipinski definition) is 2. The van der Waals surface area contributed by atoms with E-state index in [1.54, 1.807) is 10.4 Å². The number of fused-ring (bicyclic) bond motifs is 1. The van der Waals surface area contributed by atoms with Crippen molar-refractivity contribution in [3.05, 3.63) is 28.2 Å². The van der Waals surface area contributed by atoms with Gasteiger partial charge in [-0.3, -0.25) is 0 Å². The molecule has 0 aromatic heterocycles. The SMILES string of the molecule is O=S(=O)(c1ccc(Cl)cc1Cl)N1[C@H]2CCCC[C@@H]21. The molecule has 1 aliphatic heterocycles. The van der Waals surface area contributed by atoms with Crippen molar-refractivity contribution < 1.29 is 8.42 Å². The van der Waals surface area contributed by atoms with Gasteiger partial charge in [0.1, 0.15) is 4.90 Å². The molecular formula is C12H13Cl2NO2S. The summed E-state index contributed by atoms with van der Waals surface area (Å²) in [6.45, 7) is 0. The summed E-state index contributed by atoms with van der Waals surface area (Å²) in [6, 6.07) is 4.91. The lowest BCUT2D eigenvalue weighted by atomic mass is 10.0. The predicted octanol–water partition coefficient (Wildman–Crippen LogP) is 3.31. The lowest BCUT2D eigenvalue weighted by molar-refractivity contribution is 0.545. The van der Waals surface area contributed by atoms with Gasteiger partial charge < -0.3 is 0 Å². The molecule has 1 saturated heterocycles. The molecule has 0 spiro atoms. The largest absolute Gasteiger partial charge is 0.245 e. The maximum absolute atomic E-state index is 12.5. The molecule has 0 radical (unpaired) electrons. The Balaban J connectivity index is 1.96. The average Bonchev–Trinajstić information content (AvgIpc) is 3.02. The minimum atomic E-state index is -3.45. The normalized spacial score (nSPS) is 30.9. The minimum Gasteiger partial charge on any atom is -0.207 e. The van der Waals surface area contributed by atoms with Crippen molar-refractivity contribution >= 4 is 33.2 Å². The molecule has 3 rings (SSSR count). The molecule has 1 saturated carbocycles. The second kappa shape index (κ2) is 4.37. The van der Waals surface area contributed by atoms with Gasteiger partial charge in [0.25, 0.3) is 0 Å². The van der Waals surface area contributed by atoms with Crippen molar-refractivity contribution in [2.45, 2.75) is 42.7 Å². The summed E-state index contributed by atoms with van der Waals surface area (Å²) in [5.41, 5.74) is 0. The number of hydrogen-bond donors (Lipinski definition) is 0. The van der Waals surface area contributed by atoms with Crippen LogP contribution in [0.25, 0.3) is 0 Å². The number of sulfonamides is 1. The van der Waals surface area contributed by atoms with Crippen molar-refractivity contribution in [2.24, 2.45) is 0 Å². The average molecular weight is 306 g/mol. The van der Waals surface area contributed by atoms with Crippen molar-refractivity contribution in [2.75, 3.05) is 0 Å². The fourth-order valence-corrected chi connectivity index (χ4v) is 5.43. The zero-order valence-electron chi connectivity index (χ0n) is 9.64. The quantitative estimate of drug-likeness (QED) is 0.786. The van der Waals surface area contributed by atoms with E-state index in [1.807, 2.05) is 0 Å². The van der Waals surface area contributed by atoms with Crippen LogP contribution in [0.4, 0.5) is 0 Å². The van der Waals surface area contributed by atoms with E-state index in [2.05, 4.69) is 0 Å². The Kier molecular flexibility index (Phi) is 3.09. The smallest absolute Gasteiger partial charge is 0.207 e. The van der Waals surface area contributed by atoms with Crippen molar-refractivity contribution in [1.82, 2.24) is 4.31 Å². The standard InChI is InChI=1S/C12H13Cl2NO2S/c13-8-5-6-12(9(14)7-8)18(16,17)15-10-3-1-2-4-11(10)15/h5-7,10-11H,1-4H2/t10-,11-/m0/s1. The molecular weight excluding hydrogens is 293 g/mol. The minimum absolute atomic E-state index is 0.169. The van der Waals surface area contributed by atoms with Crippen LogP contribution in [-0.2, 0) is 10.0 Å². The van der Waals surface area contributed by atoms with Gasteiger partial charge in [-0.05, 0) is 31.0 Å². The summed E-state index contributed by atoms with van der Waals surface area (Å²) in [5, 5.41) is 0.647. The van der Waals surface area contributed by atoms with Gasteiger partial charge >= 0.3 is 0 Å². The first-order valence-electron chi connectivity index (χ1n) is 6.00. The Morgan fingerprint density at radius 3 is 2.28 bits per heavy atom. The fourth-order valence-electron chi connectivity index (χ4n) is 2.81. The highest BCUT2D eigenvalue weighted by Gasteiger charge is 2.55. The Morgan fingerprint density at radius 2 is 1.72 bits per heavy atom. The van der Waals surface area contributed by atoms with Crippen LogP contribution in [0, 0.1) is 0 Å². The molecule has 1 heterocycles. The topological polar surface area (TPSA) is 37.1 Å². The molecule has 2 atom stereocenters. The van der Waals surface area contributed by atoms with Gasteiger partial charge in [0.05, 0.1) is 5.02 Å². The first-order chi connectivity index (χ1) is 8.51. The van der Waals surface area contributed by atoms with Crippen LogP contribution in [0.2, 0.25) is 10.0 Å². The third-order valence-corrected chi connectivity index (χ3v) is 6.38. The molecule has 3 nitrogen and oxygen atoms in total. The number of nitrogens with zero attached hydrogens (tertiary/aromatic N) is 1. The highest BCUT2D eigenvalue weighted by atomic mass is 35.5. The van der Waals surface area contributed by atoms with E-state index in [1.165, 1.54) is 12.1 Å². The summed E-state index contributed by atoms with van der Waals surface area (Å²) in [5.74, 6) is 0. The summed E-state index contributed by atoms with van der Waals surface area (Å²) < 4.78 is 26.6. The number of rotatable bonds is 2. The molecule has 98 valence electrons. The van der Waals surface area contributed by atoms with Crippen molar-refractivity contribution in [3.63, 3.8) is 0 Å². The summed E-state index contributed by atoms with van der Waals surface area (Å²) in [7, 11) is -3.45. The summed E-state index contributed by atoms with van der Waals surface area (Å²) in [6.07, 6.45) is 4.16. The fraction of sp³-hybridized carbons (Fsp3) is 0.500. The molecule has 6 heteroatoms. The second-order valence-corrected chi connectivity index (χ2v) is 7.48. The summed E-state index contributed by atoms with van der Waals surface area (Å²) >= 11 is 11.8. The van der Waals surface area contributed by atoms with Crippen LogP contribution in [0.3, 0.4) is 0 Å². The number of benzene rings is 1. The molecule has 0 amide bonds. The van der Waals surface area contributed by atoms with Gasteiger partial charge in [-0.15, -0.1) is 0 Å². The molecule has 0 N–H and O–H groups in total. The predicted molar refractivity (Wildman–Crippen MR) is 71.5 cm³/mol. The van der Waals surface area contributed by atoms with E-state index >= 15 is 0 Å². The van der Waals surface area contributed by atoms with Gasteiger partial charge in [0.2, 0.25) is 10.0 Å². The zero-order valence-corrected chi connectivity index (χ0v) is 12.0. The molecule has 1 aromatic carbocycles. The molecule has 0 unspecified atom stereocenters. The Labute approximate surface area is 117 Å². The first-order valence-corrected chi connectivity index (χ1v) is 8.20. The van der Waals surface area contributed by atoms with Gasteiger partial charge in [0.15, 0.2) is 0 Å². The lowest BCUT2D eigenvalue weighted by Gasteiger charge is -2.08. The van der Waals surface area contributed by atoms with Gasteiger partial charge in [0, 0.05) is 17.1 Å². The Bertz CT molecular complexity index is 576. The zero-order chi connectivity index (χ0) is 12.9. The van der Waals surface area contributed by atoms with Gasteiger partial charge in [-0.2, -0.15) is 4.31 Å². The van der Waals surface area contributed by atoms with Crippen LogP contribution in [0.5, 0.6) is 0 Å². The van der Waals surface area contributed by atoms with Crippen LogP contribution >= 0.6 is 23.2 Å².